The fourth-order valence-electron chi connectivity index (χ4n) is 10.8. The summed E-state index contributed by atoms with van der Waals surface area (Å²) >= 11 is 0. The van der Waals surface area contributed by atoms with Gasteiger partial charge in [0, 0.05) is 0 Å². The molecule has 5 unspecified atom stereocenters. The number of hydrogen-bond donors (Lipinski definition) is 0. The number of hydrogen-bond acceptors (Lipinski definition) is 0. The van der Waals surface area contributed by atoms with Gasteiger partial charge in [0.05, 0.1) is 0 Å². The van der Waals surface area contributed by atoms with Gasteiger partial charge in [-0.05, 0) is 122 Å². The van der Waals surface area contributed by atoms with E-state index in [0.717, 1.165) is 35.5 Å². The summed E-state index contributed by atoms with van der Waals surface area (Å²) in [5.41, 5.74) is 3.55. The van der Waals surface area contributed by atoms with Gasteiger partial charge < -0.3 is 0 Å². The molecule has 0 heterocycles. The van der Waals surface area contributed by atoms with Gasteiger partial charge >= 0.3 is 0 Å². The Morgan fingerprint density at radius 1 is 0.828 bits per heavy atom. The molecule has 0 spiro atoms. The molecule has 0 nitrogen and oxygen atoms in total. The molecule has 9 atom stereocenters. The van der Waals surface area contributed by atoms with Gasteiger partial charge in [-0.15, -0.1) is 0 Å². The van der Waals surface area contributed by atoms with Gasteiger partial charge in [0.15, 0.2) is 0 Å². The van der Waals surface area contributed by atoms with Gasteiger partial charge in [0.1, 0.15) is 0 Å². The topological polar surface area (TPSA) is 0 Å². The fraction of sp³-hybridized carbons (Fsp3) is 0.862. The van der Waals surface area contributed by atoms with E-state index in [0.29, 0.717) is 21.7 Å². The van der Waals surface area contributed by atoms with Crippen molar-refractivity contribution in [2.75, 3.05) is 0 Å². The normalized spacial score (nSPS) is 55.4. The first-order valence-corrected chi connectivity index (χ1v) is 12.9. The maximum absolute atomic E-state index is 4.47. The largest absolute Gasteiger partial charge is 0.0998 e. The van der Waals surface area contributed by atoms with Crippen molar-refractivity contribution in [3.05, 3.63) is 24.3 Å². The molecular formula is C29H46. The lowest BCUT2D eigenvalue weighted by atomic mass is 9.37. The zero-order valence-electron chi connectivity index (χ0n) is 20.2. The summed E-state index contributed by atoms with van der Waals surface area (Å²) in [5.74, 6) is 5.45. The van der Waals surface area contributed by atoms with Crippen molar-refractivity contribution >= 4 is 0 Å². The monoisotopic (exact) mass is 394 g/mol. The predicted octanol–water partition coefficient (Wildman–Crippen LogP) is 8.44. The quantitative estimate of drug-likeness (QED) is 0.391. The van der Waals surface area contributed by atoms with E-state index in [1.165, 1.54) is 63.4 Å². The molecule has 0 heteroatoms. The molecule has 0 bridgehead atoms. The summed E-state index contributed by atoms with van der Waals surface area (Å²) in [6, 6.07) is 0. The van der Waals surface area contributed by atoms with Crippen molar-refractivity contribution in [1.29, 1.82) is 0 Å². The zero-order chi connectivity index (χ0) is 20.8. The number of rotatable bonds is 1. The Bertz CT molecular complexity index is 726. The van der Waals surface area contributed by atoms with E-state index < -0.39 is 0 Å². The molecule has 0 N–H and O–H groups in total. The highest BCUT2D eigenvalue weighted by Crippen LogP contribution is 2.73. The van der Waals surface area contributed by atoms with Crippen LogP contribution >= 0.6 is 0 Å². The van der Waals surface area contributed by atoms with Crippen LogP contribution in [0.3, 0.4) is 0 Å². The van der Waals surface area contributed by atoms with Crippen LogP contribution in [0.5, 0.6) is 0 Å². The third-order valence-corrected chi connectivity index (χ3v) is 11.9. The minimum atomic E-state index is 0.382. The first-order valence-electron chi connectivity index (χ1n) is 12.9. The van der Waals surface area contributed by atoms with Crippen molar-refractivity contribution in [2.45, 2.75) is 99.3 Å². The lowest BCUT2D eigenvalue weighted by Crippen LogP contribution is -2.60. The Labute approximate surface area is 181 Å². The summed E-state index contributed by atoms with van der Waals surface area (Å²) in [5, 5.41) is 0. The average molecular weight is 395 g/mol. The lowest BCUT2D eigenvalue weighted by molar-refractivity contribution is -0.180. The molecular weight excluding hydrogens is 348 g/mol. The molecule has 29 heavy (non-hydrogen) atoms. The summed E-state index contributed by atoms with van der Waals surface area (Å²) in [6.45, 7) is 19.9. The van der Waals surface area contributed by atoms with Gasteiger partial charge in [-0.25, -0.2) is 0 Å². The Morgan fingerprint density at radius 2 is 1.55 bits per heavy atom. The van der Waals surface area contributed by atoms with Crippen molar-refractivity contribution in [3.8, 4) is 0 Å². The SMILES string of the molecule is C=C(C)C1CC[C@]2(C)CCC3[C@H](CCC4[C@@]3(C)CCC3C(C)(C)C=CC[C@@]34C)C12. The van der Waals surface area contributed by atoms with Crippen LogP contribution in [0, 0.1) is 57.2 Å². The first kappa shape index (κ1) is 20.4. The Hall–Kier alpha value is -0.520. The highest BCUT2D eigenvalue weighted by atomic mass is 14.7. The molecule has 0 saturated heterocycles. The maximum Gasteiger partial charge on any atom is -0.0141 e. The van der Waals surface area contributed by atoms with E-state index in [1.54, 1.807) is 0 Å². The standard InChI is InChI=1S/C29H46/c1-19(2)20-11-16-27(5)17-12-22-21(25(20)27)9-10-24-28(22,6)18-13-23-26(3,4)14-8-15-29(23,24)7/h8,14,20-25H,1,9-13,15-18H2,2-7H3/t20?,21-,22?,23?,24?,25?,27+,28-,29-/m0/s1. The molecule has 5 aliphatic rings. The van der Waals surface area contributed by atoms with Gasteiger partial charge in [-0.2, -0.15) is 0 Å². The molecule has 0 amide bonds. The summed E-state index contributed by atoms with van der Waals surface area (Å²) in [4.78, 5) is 0. The lowest BCUT2D eigenvalue weighted by Gasteiger charge is -2.68. The van der Waals surface area contributed by atoms with E-state index in [9.17, 15) is 0 Å². The van der Waals surface area contributed by atoms with Crippen LogP contribution in [0.2, 0.25) is 0 Å². The fourth-order valence-corrected chi connectivity index (χ4v) is 10.8. The van der Waals surface area contributed by atoms with E-state index in [2.05, 4.69) is 60.3 Å². The van der Waals surface area contributed by atoms with E-state index in [4.69, 9.17) is 0 Å². The van der Waals surface area contributed by atoms with E-state index in [1.807, 2.05) is 0 Å². The molecule has 5 rings (SSSR count). The molecule has 0 radical (unpaired) electrons. The van der Waals surface area contributed by atoms with Crippen LogP contribution in [0.4, 0.5) is 0 Å². The van der Waals surface area contributed by atoms with Crippen LogP contribution in [-0.2, 0) is 0 Å². The summed E-state index contributed by atoms with van der Waals surface area (Å²) in [7, 11) is 0. The molecule has 0 aromatic carbocycles. The summed E-state index contributed by atoms with van der Waals surface area (Å²) in [6.07, 6.45) is 18.2. The van der Waals surface area contributed by atoms with Gasteiger partial charge in [0.2, 0.25) is 0 Å². The van der Waals surface area contributed by atoms with Crippen LogP contribution in [0.25, 0.3) is 0 Å². The van der Waals surface area contributed by atoms with E-state index in [-0.39, 0.29) is 0 Å². The van der Waals surface area contributed by atoms with Gasteiger partial charge in [0.25, 0.3) is 0 Å². The molecule has 0 aromatic heterocycles. The minimum Gasteiger partial charge on any atom is -0.0998 e. The van der Waals surface area contributed by atoms with Crippen molar-refractivity contribution < 1.29 is 0 Å². The van der Waals surface area contributed by atoms with Crippen molar-refractivity contribution in [3.63, 3.8) is 0 Å². The highest BCUT2D eigenvalue weighted by molar-refractivity contribution is 5.20. The maximum atomic E-state index is 4.47. The average Bonchev–Trinajstić information content (AvgIpc) is 2.98. The number of allylic oxidation sites excluding steroid dienone is 3. The third kappa shape index (κ3) is 2.62. The number of fused-ring (bicyclic) bond motifs is 7. The smallest absolute Gasteiger partial charge is 0.0141 e. The third-order valence-electron chi connectivity index (χ3n) is 11.9. The second-order valence-electron chi connectivity index (χ2n) is 13.6. The van der Waals surface area contributed by atoms with Gasteiger partial charge in [-0.1, -0.05) is 58.9 Å². The molecule has 162 valence electrons. The van der Waals surface area contributed by atoms with Crippen molar-refractivity contribution in [1.82, 2.24) is 0 Å². The molecule has 4 saturated carbocycles. The summed E-state index contributed by atoms with van der Waals surface area (Å²) < 4.78 is 0. The zero-order valence-corrected chi connectivity index (χ0v) is 20.2. The van der Waals surface area contributed by atoms with Crippen LogP contribution in [-0.4, -0.2) is 0 Å². The van der Waals surface area contributed by atoms with E-state index >= 15 is 0 Å². The molecule has 4 fully saturated rings. The van der Waals surface area contributed by atoms with Crippen LogP contribution in [0.15, 0.2) is 24.3 Å². The molecule has 5 aliphatic carbocycles. The Balaban J connectivity index is 1.51. The van der Waals surface area contributed by atoms with Crippen LogP contribution < -0.4 is 0 Å². The molecule has 0 aliphatic heterocycles. The van der Waals surface area contributed by atoms with Crippen molar-refractivity contribution in [2.24, 2.45) is 57.2 Å². The highest BCUT2D eigenvalue weighted by Gasteiger charge is 2.65. The van der Waals surface area contributed by atoms with Crippen LogP contribution in [0.1, 0.15) is 99.3 Å². The Kier molecular flexibility index (Phi) is 4.40. The Morgan fingerprint density at radius 3 is 2.28 bits per heavy atom. The minimum absolute atomic E-state index is 0.382. The molecule has 0 aromatic rings. The second kappa shape index (κ2) is 6.26. The second-order valence-corrected chi connectivity index (χ2v) is 13.6. The first-order chi connectivity index (χ1) is 13.5. The predicted molar refractivity (Wildman–Crippen MR) is 125 cm³/mol. The van der Waals surface area contributed by atoms with Gasteiger partial charge in [-0.3, -0.25) is 0 Å².